The molecule has 4 nitrogen and oxygen atoms in total. The number of carboxylic acids is 1. The number of aliphatic carboxylic acids is 1. The smallest absolute Gasteiger partial charge is 0.311 e. The Kier molecular flexibility index (Phi) is 7.21. The van der Waals surface area contributed by atoms with Crippen LogP contribution in [0.3, 0.4) is 0 Å². The quantitative estimate of drug-likeness (QED) is 0.667. The van der Waals surface area contributed by atoms with Crippen LogP contribution >= 0.6 is 0 Å². The standard InChI is InChI=1S/C13H24O4/c1-2-3-4-5-6-7-8-12-16-9-11(10-17-12)13(14)15/h11-12H,2-10H2,1H3,(H,14,15). The van der Waals surface area contributed by atoms with Gasteiger partial charge >= 0.3 is 5.97 Å². The van der Waals surface area contributed by atoms with Gasteiger partial charge in [0.1, 0.15) is 5.92 Å². The molecule has 0 spiro atoms. The Balaban J connectivity index is 1.97. The van der Waals surface area contributed by atoms with Crippen LogP contribution in [0.2, 0.25) is 0 Å². The van der Waals surface area contributed by atoms with E-state index in [0.717, 1.165) is 12.8 Å². The number of carbonyl (C=O) groups is 1. The van der Waals surface area contributed by atoms with Gasteiger partial charge in [0, 0.05) is 0 Å². The van der Waals surface area contributed by atoms with Gasteiger partial charge in [-0.25, -0.2) is 0 Å². The van der Waals surface area contributed by atoms with Crippen LogP contribution in [0, 0.1) is 5.92 Å². The molecule has 0 amide bonds. The highest BCUT2D eigenvalue weighted by molar-refractivity contribution is 5.70. The van der Waals surface area contributed by atoms with Crippen molar-refractivity contribution in [1.29, 1.82) is 0 Å². The Hall–Kier alpha value is -0.610. The number of rotatable bonds is 8. The first-order valence-electron chi connectivity index (χ1n) is 6.70. The molecule has 1 fully saturated rings. The summed E-state index contributed by atoms with van der Waals surface area (Å²) in [4.78, 5) is 10.7. The maximum absolute atomic E-state index is 10.7. The molecule has 0 aromatic carbocycles. The predicted molar refractivity (Wildman–Crippen MR) is 64.8 cm³/mol. The normalized spacial score (nSPS) is 24.8. The van der Waals surface area contributed by atoms with E-state index in [9.17, 15) is 4.79 Å². The zero-order valence-electron chi connectivity index (χ0n) is 10.7. The fourth-order valence-electron chi connectivity index (χ4n) is 1.94. The monoisotopic (exact) mass is 244 g/mol. The van der Waals surface area contributed by atoms with Gasteiger partial charge in [0.2, 0.25) is 0 Å². The molecule has 0 saturated carbocycles. The minimum Gasteiger partial charge on any atom is -0.481 e. The summed E-state index contributed by atoms with van der Waals surface area (Å²) in [7, 11) is 0. The fourth-order valence-corrected chi connectivity index (χ4v) is 1.94. The van der Waals surface area contributed by atoms with Gasteiger partial charge < -0.3 is 14.6 Å². The number of hydrogen-bond donors (Lipinski definition) is 1. The van der Waals surface area contributed by atoms with E-state index in [1.54, 1.807) is 0 Å². The molecule has 1 aliphatic rings. The van der Waals surface area contributed by atoms with Crippen molar-refractivity contribution >= 4 is 5.97 Å². The lowest BCUT2D eigenvalue weighted by Gasteiger charge is -2.27. The van der Waals surface area contributed by atoms with Crippen molar-refractivity contribution in [1.82, 2.24) is 0 Å². The molecule has 1 saturated heterocycles. The second-order valence-electron chi connectivity index (χ2n) is 4.69. The van der Waals surface area contributed by atoms with E-state index in [1.165, 1.54) is 32.1 Å². The minimum atomic E-state index is -0.831. The predicted octanol–water partition coefficient (Wildman–Crippen LogP) is 2.81. The van der Waals surface area contributed by atoms with Crippen LogP contribution in [-0.4, -0.2) is 30.6 Å². The number of hydrogen-bond acceptors (Lipinski definition) is 3. The third kappa shape index (κ3) is 6.03. The lowest BCUT2D eigenvalue weighted by Crippen LogP contribution is -2.36. The Morgan fingerprint density at radius 3 is 2.29 bits per heavy atom. The Morgan fingerprint density at radius 1 is 1.12 bits per heavy atom. The molecule has 1 aliphatic heterocycles. The molecule has 0 atom stereocenters. The van der Waals surface area contributed by atoms with Gasteiger partial charge in [0.05, 0.1) is 13.2 Å². The van der Waals surface area contributed by atoms with Crippen LogP contribution in [0.4, 0.5) is 0 Å². The highest BCUT2D eigenvalue weighted by Gasteiger charge is 2.26. The van der Waals surface area contributed by atoms with Gasteiger partial charge in [-0.1, -0.05) is 39.0 Å². The van der Waals surface area contributed by atoms with Crippen LogP contribution < -0.4 is 0 Å². The van der Waals surface area contributed by atoms with Crippen molar-refractivity contribution in [2.75, 3.05) is 13.2 Å². The first-order valence-corrected chi connectivity index (χ1v) is 6.70. The van der Waals surface area contributed by atoms with Crippen molar-refractivity contribution < 1.29 is 19.4 Å². The average Bonchev–Trinajstić information content (AvgIpc) is 2.34. The SMILES string of the molecule is CCCCCCCCC1OCC(C(=O)O)CO1. The lowest BCUT2D eigenvalue weighted by atomic mass is 10.1. The number of ether oxygens (including phenoxy) is 2. The molecule has 0 aliphatic carbocycles. The summed E-state index contributed by atoms with van der Waals surface area (Å²) >= 11 is 0. The van der Waals surface area contributed by atoms with Gasteiger partial charge in [0.25, 0.3) is 0 Å². The van der Waals surface area contributed by atoms with Gasteiger partial charge in [-0.15, -0.1) is 0 Å². The molecule has 1 rings (SSSR count). The Morgan fingerprint density at radius 2 is 1.71 bits per heavy atom. The number of carboxylic acid groups (broad SMARTS) is 1. The fraction of sp³-hybridized carbons (Fsp3) is 0.923. The van der Waals surface area contributed by atoms with Gasteiger partial charge in [-0.3, -0.25) is 4.79 Å². The summed E-state index contributed by atoms with van der Waals surface area (Å²) in [6, 6.07) is 0. The van der Waals surface area contributed by atoms with E-state index in [2.05, 4.69) is 6.92 Å². The van der Waals surface area contributed by atoms with Gasteiger partial charge in [-0.2, -0.15) is 0 Å². The molecule has 0 aromatic rings. The number of unbranched alkanes of at least 4 members (excludes halogenated alkanes) is 5. The van der Waals surface area contributed by atoms with E-state index < -0.39 is 11.9 Å². The third-order valence-corrected chi connectivity index (χ3v) is 3.11. The summed E-state index contributed by atoms with van der Waals surface area (Å²) in [6.45, 7) is 2.79. The van der Waals surface area contributed by atoms with E-state index >= 15 is 0 Å². The van der Waals surface area contributed by atoms with Crippen LogP contribution in [0.15, 0.2) is 0 Å². The van der Waals surface area contributed by atoms with Crippen molar-refractivity contribution in [3.05, 3.63) is 0 Å². The van der Waals surface area contributed by atoms with E-state index in [1.807, 2.05) is 0 Å². The van der Waals surface area contributed by atoms with Crippen molar-refractivity contribution in [2.45, 2.75) is 58.2 Å². The summed E-state index contributed by atoms with van der Waals surface area (Å²) in [5.41, 5.74) is 0. The highest BCUT2D eigenvalue weighted by atomic mass is 16.7. The lowest BCUT2D eigenvalue weighted by molar-refractivity contribution is -0.209. The van der Waals surface area contributed by atoms with Crippen LogP contribution in [0.5, 0.6) is 0 Å². The molecule has 0 unspecified atom stereocenters. The first kappa shape index (κ1) is 14.5. The maximum atomic E-state index is 10.7. The molecular weight excluding hydrogens is 220 g/mol. The summed E-state index contributed by atoms with van der Waals surface area (Å²) < 4.78 is 10.8. The van der Waals surface area contributed by atoms with Crippen molar-refractivity contribution in [3.63, 3.8) is 0 Å². The Labute approximate surface area is 103 Å². The molecule has 100 valence electrons. The van der Waals surface area contributed by atoms with E-state index in [4.69, 9.17) is 14.6 Å². The molecule has 0 radical (unpaired) electrons. The zero-order chi connectivity index (χ0) is 12.5. The largest absolute Gasteiger partial charge is 0.481 e. The average molecular weight is 244 g/mol. The van der Waals surface area contributed by atoms with Crippen LogP contribution in [0.1, 0.15) is 51.9 Å². The molecule has 1 N–H and O–H groups in total. The van der Waals surface area contributed by atoms with Crippen LogP contribution in [0.25, 0.3) is 0 Å². The molecule has 0 aromatic heterocycles. The minimum absolute atomic E-state index is 0.184. The van der Waals surface area contributed by atoms with E-state index in [0.29, 0.717) is 0 Å². The summed E-state index contributed by atoms with van der Waals surface area (Å²) in [5, 5.41) is 8.76. The first-order chi connectivity index (χ1) is 8.24. The second-order valence-corrected chi connectivity index (χ2v) is 4.69. The topological polar surface area (TPSA) is 55.8 Å². The highest BCUT2D eigenvalue weighted by Crippen LogP contribution is 2.17. The van der Waals surface area contributed by atoms with Crippen LogP contribution in [-0.2, 0) is 14.3 Å². The van der Waals surface area contributed by atoms with E-state index in [-0.39, 0.29) is 19.5 Å². The molecule has 4 heteroatoms. The van der Waals surface area contributed by atoms with Gasteiger partial charge in [-0.05, 0) is 12.8 Å². The molecule has 0 bridgehead atoms. The maximum Gasteiger partial charge on any atom is 0.311 e. The third-order valence-electron chi connectivity index (χ3n) is 3.11. The summed E-state index contributed by atoms with van der Waals surface area (Å²) in [5.74, 6) is -1.32. The summed E-state index contributed by atoms with van der Waals surface area (Å²) in [6.07, 6.45) is 8.19. The Bertz CT molecular complexity index is 209. The molecular formula is C13H24O4. The zero-order valence-corrected chi connectivity index (χ0v) is 10.7. The molecule has 1 heterocycles. The van der Waals surface area contributed by atoms with Crippen molar-refractivity contribution in [2.24, 2.45) is 5.92 Å². The van der Waals surface area contributed by atoms with Crippen molar-refractivity contribution in [3.8, 4) is 0 Å². The van der Waals surface area contributed by atoms with Gasteiger partial charge in [0.15, 0.2) is 6.29 Å². The second kappa shape index (κ2) is 8.48. The molecule has 17 heavy (non-hydrogen) atoms.